The number of benzene rings is 2. The lowest BCUT2D eigenvalue weighted by atomic mass is 10.1. The summed E-state index contributed by atoms with van der Waals surface area (Å²) < 4.78 is 0.994. The second kappa shape index (κ2) is 7.41. The van der Waals surface area contributed by atoms with Gasteiger partial charge in [0.25, 0.3) is 0 Å². The minimum Gasteiger partial charge on any atom is -0.188 e. The van der Waals surface area contributed by atoms with Crippen LogP contribution in [0.1, 0.15) is 11.1 Å². The van der Waals surface area contributed by atoms with E-state index in [1.165, 1.54) is 0 Å². The maximum Gasteiger partial charge on any atom is 0.100 e. The van der Waals surface area contributed by atoms with Crippen LogP contribution in [0.25, 0.3) is 10.4 Å². The Morgan fingerprint density at radius 3 is 2.62 bits per heavy atom. The van der Waals surface area contributed by atoms with E-state index in [1.807, 2.05) is 49.4 Å². The second-order valence-corrected chi connectivity index (χ2v) is 5.19. The van der Waals surface area contributed by atoms with E-state index in [0.717, 1.165) is 27.0 Å². The van der Waals surface area contributed by atoms with Crippen molar-refractivity contribution in [1.82, 2.24) is 0 Å². The van der Waals surface area contributed by atoms with E-state index in [2.05, 4.69) is 41.9 Å². The fourth-order valence-electron chi connectivity index (χ4n) is 1.76. The van der Waals surface area contributed by atoms with Crippen molar-refractivity contribution in [3.05, 3.63) is 68.5 Å². The van der Waals surface area contributed by atoms with Gasteiger partial charge in [-0.05, 0) is 47.8 Å². The zero-order chi connectivity index (χ0) is 15.1. The van der Waals surface area contributed by atoms with E-state index in [-0.39, 0.29) is 6.54 Å². The van der Waals surface area contributed by atoms with Gasteiger partial charge in [-0.3, -0.25) is 0 Å². The van der Waals surface area contributed by atoms with Crippen LogP contribution in [-0.2, 0) is 6.54 Å². The molecule has 0 spiro atoms. The minimum atomic E-state index is 0.261. The zero-order valence-corrected chi connectivity index (χ0v) is 12.9. The molecule has 0 N–H and O–H groups in total. The lowest BCUT2D eigenvalue weighted by molar-refractivity contribution is 1.04. The summed E-state index contributed by atoms with van der Waals surface area (Å²) in [6.07, 6.45) is 0. The predicted octanol–water partition coefficient (Wildman–Crippen LogP) is 5.70. The van der Waals surface area contributed by atoms with Crippen molar-refractivity contribution in [3.63, 3.8) is 0 Å². The Kier molecular flexibility index (Phi) is 5.29. The lowest BCUT2D eigenvalue weighted by Gasteiger charge is -2.03. The fraction of sp³-hybridized carbons (Fsp3) is 0.133. The molecule has 0 aliphatic heterocycles. The molecule has 21 heavy (non-hydrogen) atoms. The molecule has 5 nitrogen and oxygen atoms in total. The smallest absolute Gasteiger partial charge is 0.100 e. The number of aliphatic imine (C=N–C) groups is 2. The normalized spacial score (nSPS) is 9.43. The maximum absolute atomic E-state index is 8.42. The van der Waals surface area contributed by atoms with Gasteiger partial charge >= 0.3 is 0 Å². The average molecular weight is 342 g/mol. The monoisotopic (exact) mass is 341 g/mol. The number of hydrogen-bond donors (Lipinski definition) is 0. The van der Waals surface area contributed by atoms with Crippen molar-refractivity contribution in [2.75, 3.05) is 0 Å². The van der Waals surface area contributed by atoms with Crippen LogP contribution in [0.4, 0.5) is 11.4 Å². The van der Waals surface area contributed by atoms with Gasteiger partial charge in [0.1, 0.15) is 6.01 Å². The van der Waals surface area contributed by atoms with Crippen molar-refractivity contribution in [2.24, 2.45) is 15.1 Å². The zero-order valence-electron chi connectivity index (χ0n) is 11.4. The molecule has 0 unspecified atom stereocenters. The fourth-order valence-corrected chi connectivity index (χ4v) is 2.03. The van der Waals surface area contributed by atoms with Crippen LogP contribution in [0.2, 0.25) is 0 Å². The average Bonchev–Trinajstić information content (AvgIpc) is 2.49. The first-order chi connectivity index (χ1) is 10.2. The molecule has 0 aliphatic rings. The number of halogens is 1. The summed E-state index contributed by atoms with van der Waals surface area (Å²) in [6, 6.07) is 16.0. The number of aryl methyl sites for hydroxylation is 1. The quantitative estimate of drug-likeness (QED) is 0.296. The molecule has 0 fully saturated rings. The third kappa shape index (κ3) is 4.29. The summed E-state index contributed by atoms with van der Waals surface area (Å²) in [5.41, 5.74) is 11.8. The molecule has 6 heteroatoms. The van der Waals surface area contributed by atoms with Crippen molar-refractivity contribution in [2.45, 2.75) is 13.5 Å². The molecule has 0 saturated heterocycles. The van der Waals surface area contributed by atoms with E-state index in [4.69, 9.17) is 5.53 Å². The summed E-state index contributed by atoms with van der Waals surface area (Å²) in [6.45, 7) is 2.21. The first-order valence-electron chi connectivity index (χ1n) is 6.22. The topological polar surface area (TPSA) is 73.5 Å². The van der Waals surface area contributed by atoms with Crippen molar-refractivity contribution in [1.29, 1.82) is 0 Å². The van der Waals surface area contributed by atoms with Crippen LogP contribution >= 0.6 is 15.9 Å². The van der Waals surface area contributed by atoms with Crippen LogP contribution < -0.4 is 0 Å². The van der Waals surface area contributed by atoms with E-state index < -0.39 is 0 Å². The van der Waals surface area contributed by atoms with Crippen LogP contribution in [0, 0.1) is 6.92 Å². The van der Waals surface area contributed by atoms with Crippen molar-refractivity contribution < 1.29 is 0 Å². The van der Waals surface area contributed by atoms with E-state index in [1.54, 1.807) is 0 Å². The molecule has 0 amide bonds. The van der Waals surface area contributed by atoms with E-state index >= 15 is 0 Å². The molecular weight excluding hydrogens is 330 g/mol. The second-order valence-electron chi connectivity index (χ2n) is 4.27. The van der Waals surface area contributed by atoms with Gasteiger partial charge in [0, 0.05) is 9.38 Å². The molecule has 0 heterocycles. The third-order valence-corrected chi connectivity index (χ3v) is 3.32. The highest BCUT2D eigenvalue weighted by Crippen LogP contribution is 2.24. The summed E-state index contributed by atoms with van der Waals surface area (Å²) in [7, 11) is 0. The van der Waals surface area contributed by atoms with Crippen molar-refractivity contribution >= 4 is 33.3 Å². The van der Waals surface area contributed by atoms with Gasteiger partial charge in [0.15, 0.2) is 0 Å². The van der Waals surface area contributed by atoms with Gasteiger partial charge in [-0.2, -0.15) is 9.98 Å². The first-order valence-corrected chi connectivity index (χ1v) is 7.01. The predicted molar refractivity (Wildman–Crippen MR) is 87.4 cm³/mol. The number of nitrogens with zero attached hydrogens (tertiary/aromatic N) is 5. The van der Waals surface area contributed by atoms with Crippen LogP contribution in [0.3, 0.4) is 0 Å². The Morgan fingerprint density at radius 1 is 1.14 bits per heavy atom. The molecule has 2 rings (SSSR count). The number of rotatable bonds is 4. The summed E-state index contributed by atoms with van der Waals surface area (Å²) >= 11 is 3.37. The van der Waals surface area contributed by atoms with Gasteiger partial charge in [-0.15, -0.1) is 0 Å². The molecule has 0 radical (unpaired) electrons. The van der Waals surface area contributed by atoms with Crippen LogP contribution in [0.5, 0.6) is 0 Å². The Balaban J connectivity index is 2.31. The molecule has 0 bridgehead atoms. The molecule has 2 aromatic rings. The first kappa shape index (κ1) is 15.0. The van der Waals surface area contributed by atoms with Gasteiger partial charge in [0.05, 0.1) is 17.9 Å². The molecule has 0 aromatic heterocycles. The van der Waals surface area contributed by atoms with Gasteiger partial charge in [-0.25, -0.2) is 0 Å². The SMILES string of the molecule is Cc1cccc(CN=[N+]=[N-])c1N=C=Nc1ccc(Br)cc1. The van der Waals surface area contributed by atoms with Gasteiger partial charge < -0.3 is 0 Å². The summed E-state index contributed by atoms with van der Waals surface area (Å²) in [5.74, 6) is 0. The van der Waals surface area contributed by atoms with E-state index in [0.29, 0.717) is 0 Å². The summed E-state index contributed by atoms with van der Waals surface area (Å²) in [4.78, 5) is 11.2. The van der Waals surface area contributed by atoms with Gasteiger partial charge in [-0.1, -0.05) is 39.2 Å². The number of azide groups is 1. The maximum atomic E-state index is 8.42. The highest BCUT2D eigenvalue weighted by Gasteiger charge is 2.02. The van der Waals surface area contributed by atoms with Gasteiger partial charge in [0.2, 0.25) is 0 Å². The van der Waals surface area contributed by atoms with Crippen LogP contribution in [-0.4, -0.2) is 6.01 Å². The third-order valence-electron chi connectivity index (χ3n) is 2.79. The minimum absolute atomic E-state index is 0.261. The summed E-state index contributed by atoms with van der Waals surface area (Å²) in [5, 5.41) is 3.58. The standard InChI is InChI=1S/C15H12BrN5/c1-11-3-2-4-12(9-20-21-17)15(11)19-10-18-14-7-5-13(16)6-8-14/h2-8H,9H2,1H3. The number of hydrogen-bond acceptors (Lipinski definition) is 3. The molecular formula is C15H12BrN5. The lowest BCUT2D eigenvalue weighted by Crippen LogP contribution is -1.84. The Bertz CT molecular complexity index is 739. The van der Waals surface area contributed by atoms with Crippen LogP contribution in [0.15, 0.2) is 62.0 Å². The highest BCUT2D eigenvalue weighted by molar-refractivity contribution is 9.10. The highest BCUT2D eigenvalue weighted by atomic mass is 79.9. The molecule has 104 valence electrons. The molecule has 0 saturated carbocycles. The molecule has 0 atom stereocenters. The molecule has 2 aromatic carbocycles. The Labute approximate surface area is 130 Å². The Hall–Kier alpha value is -2.39. The largest absolute Gasteiger partial charge is 0.188 e. The van der Waals surface area contributed by atoms with Crippen molar-refractivity contribution in [3.8, 4) is 0 Å². The Morgan fingerprint density at radius 2 is 1.90 bits per heavy atom. The van der Waals surface area contributed by atoms with E-state index in [9.17, 15) is 0 Å². The molecule has 0 aliphatic carbocycles. The number of para-hydroxylation sites is 1.